The van der Waals surface area contributed by atoms with Crippen molar-refractivity contribution in [2.75, 3.05) is 26.9 Å². The highest BCUT2D eigenvalue weighted by molar-refractivity contribution is 6.26. The van der Waals surface area contributed by atoms with Crippen LogP contribution < -0.4 is 5.32 Å². The van der Waals surface area contributed by atoms with Crippen LogP contribution in [0.25, 0.3) is 0 Å². The fourth-order valence-electron chi connectivity index (χ4n) is 1.44. The van der Waals surface area contributed by atoms with Crippen LogP contribution in [0.3, 0.4) is 0 Å². The average Bonchev–Trinajstić information content (AvgIpc) is 2.72. The number of ether oxygens (including phenoxy) is 2. The summed E-state index contributed by atoms with van der Waals surface area (Å²) in [6, 6.07) is 0.951. The number of aliphatic hydroxyl groups excluding tert-OH is 1. The predicted molar refractivity (Wildman–Crippen MR) is 61.5 cm³/mol. The zero-order chi connectivity index (χ0) is 12.5. The van der Waals surface area contributed by atoms with E-state index in [0.717, 1.165) is 12.5 Å². The minimum absolute atomic E-state index is 0.0301. The summed E-state index contributed by atoms with van der Waals surface area (Å²) in [5.41, 5.74) is 0. The summed E-state index contributed by atoms with van der Waals surface area (Å²) in [7, 11) is 2.15. The predicted octanol–water partition coefficient (Wildman–Crippen LogP) is -0.699. The molecule has 0 aromatic heterocycles. The minimum atomic E-state index is -0.897. The summed E-state index contributed by atoms with van der Waals surface area (Å²) in [6.07, 6.45) is 0.248. The highest BCUT2D eigenvalue weighted by Crippen LogP contribution is 2.14. The van der Waals surface area contributed by atoms with Crippen molar-refractivity contribution in [2.45, 2.75) is 31.3 Å². The number of hydrogen-bond acceptors (Lipinski definition) is 5. The van der Waals surface area contributed by atoms with Crippen LogP contribution in [0.2, 0.25) is 6.04 Å². The van der Waals surface area contributed by atoms with E-state index in [1.54, 1.807) is 7.11 Å². The molecule has 0 spiro atoms. The third-order valence-corrected chi connectivity index (χ3v) is 3.21. The molecule has 17 heavy (non-hydrogen) atoms. The van der Waals surface area contributed by atoms with Crippen molar-refractivity contribution in [3.63, 3.8) is 0 Å². The molecule has 1 rings (SSSR count). The molecule has 1 aliphatic rings. The molecule has 1 amide bonds. The van der Waals surface area contributed by atoms with E-state index < -0.39 is 6.29 Å². The van der Waals surface area contributed by atoms with Gasteiger partial charge in [0.15, 0.2) is 6.29 Å². The first kappa shape index (κ1) is 14.6. The second-order valence-electron chi connectivity index (χ2n) is 3.70. The van der Waals surface area contributed by atoms with Gasteiger partial charge in [0.25, 0.3) is 0 Å². The number of carbonyl (C=O) groups excluding carboxylic acids is 1. The maximum Gasteiger partial charge on any atom is 0.246 e. The lowest BCUT2D eigenvalue weighted by Crippen LogP contribution is -2.33. The van der Waals surface area contributed by atoms with E-state index in [9.17, 15) is 9.90 Å². The van der Waals surface area contributed by atoms with E-state index >= 15 is 0 Å². The lowest BCUT2D eigenvalue weighted by atomic mass is 10.3. The number of aliphatic hydroxyl groups is 1. The molecule has 0 bridgehead atoms. The third-order valence-electron chi connectivity index (χ3n) is 2.36. The zero-order valence-electron chi connectivity index (χ0n) is 9.98. The molecule has 2 unspecified atom stereocenters. The van der Waals surface area contributed by atoms with Gasteiger partial charge in [0.05, 0.1) is 6.61 Å². The Bertz CT molecular complexity index is 229. The van der Waals surface area contributed by atoms with Crippen molar-refractivity contribution in [3.05, 3.63) is 0 Å². The molecule has 2 N–H and O–H groups in total. The topological polar surface area (TPSA) is 77.0 Å². The Kier molecular flexibility index (Phi) is 7.37. The molecule has 0 aliphatic carbocycles. The van der Waals surface area contributed by atoms with Crippen LogP contribution in [-0.2, 0) is 18.7 Å². The Morgan fingerprint density at radius 1 is 1.65 bits per heavy atom. The van der Waals surface area contributed by atoms with E-state index in [1.165, 1.54) is 0 Å². The molecule has 1 aliphatic heterocycles. The molecular formula is C10H19NO5Si. The van der Waals surface area contributed by atoms with Gasteiger partial charge in [0.1, 0.15) is 12.7 Å². The van der Waals surface area contributed by atoms with Gasteiger partial charge >= 0.3 is 0 Å². The highest BCUT2D eigenvalue weighted by atomic mass is 28.2. The van der Waals surface area contributed by atoms with E-state index in [4.69, 9.17) is 13.9 Å². The van der Waals surface area contributed by atoms with Gasteiger partial charge in [-0.1, -0.05) is 0 Å². The van der Waals surface area contributed by atoms with Crippen molar-refractivity contribution in [1.29, 1.82) is 0 Å². The lowest BCUT2D eigenvalue weighted by Gasteiger charge is -2.13. The fraction of sp³-hybridized carbons (Fsp3) is 0.900. The van der Waals surface area contributed by atoms with Crippen LogP contribution in [0.1, 0.15) is 12.8 Å². The molecule has 1 heterocycles. The molecule has 1 fully saturated rings. The molecule has 1 saturated heterocycles. The standard InChI is InChI=1S/C10H19NO5Si/c1-14-17-6-2-4-11-9(12)7-16-8-3-5-15-10(8)13/h8,10,13H,2-7H2,1H3,(H,11,12). The maximum absolute atomic E-state index is 11.4. The molecule has 0 saturated carbocycles. The van der Waals surface area contributed by atoms with Crippen molar-refractivity contribution in [2.24, 2.45) is 0 Å². The summed E-state index contributed by atoms with van der Waals surface area (Å²) in [5, 5.41) is 12.0. The zero-order valence-corrected chi connectivity index (χ0v) is 11.0. The van der Waals surface area contributed by atoms with Gasteiger partial charge in [-0.25, -0.2) is 0 Å². The number of hydrogen-bond donors (Lipinski definition) is 2. The first-order valence-corrected chi connectivity index (χ1v) is 6.79. The Morgan fingerprint density at radius 3 is 3.12 bits per heavy atom. The average molecular weight is 261 g/mol. The van der Waals surface area contributed by atoms with E-state index in [1.807, 2.05) is 0 Å². The highest BCUT2D eigenvalue weighted by Gasteiger charge is 2.27. The van der Waals surface area contributed by atoms with Crippen molar-refractivity contribution in [1.82, 2.24) is 5.32 Å². The van der Waals surface area contributed by atoms with Crippen LogP contribution in [0.5, 0.6) is 0 Å². The van der Waals surface area contributed by atoms with Crippen molar-refractivity contribution < 1.29 is 23.8 Å². The fourth-order valence-corrected chi connectivity index (χ4v) is 1.97. The van der Waals surface area contributed by atoms with Gasteiger partial charge in [-0.15, -0.1) is 0 Å². The van der Waals surface area contributed by atoms with Crippen LogP contribution in [-0.4, -0.2) is 60.0 Å². The van der Waals surface area contributed by atoms with Crippen molar-refractivity contribution >= 4 is 15.7 Å². The van der Waals surface area contributed by atoms with Gasteiger partial charge < -0.3 is 24.3 Å². The summed E-state index contributed by atoms with van der Waals surface area (Å²) in [4.78, 5) is 11.4. The molecule has 0 aromatic carbocycles. The first-order chi connectivity index (χ1) is 8.24. The van der Waals surface area contributed by atoms with E-state index in [2.05, 4.69) is 5.32 Å². The normalized spacial score (nSPS) is 23.9. The molecule has 7 heteroatoms. The first-order valence-electron chi connectivity index (χ1n) is 5.68. The van der Waals surface area contributed by atoms with Crippen LogP contribution >= 0.6 is 0 Å². The largest absolute Gasteiger partial charge is 0.421 e. The minimum Gasteiger partial charge on any atom is -0.421 e. The van der Waals surface area contributed by atoms with Gasteiger partial charge in [0, 0.05) is 20.1 Å². The van der Waals surface area contributed by atoms with Crippen LogP contribution in [0.4, 0.5) is 0 Å². The quantitative estimate of drug-likeness (QED) is 0.446. The second-order valence-corrected chi connectivity index (χ2v) is 4.90. The Balaban J connectivity index is 1.97. The SMILES string of the molecule is CO[Si]CCCNC(=O)COC1CCOC1O. The summed E-state index contributed by atoms with van der Waals surface area (Å²) >= 11 is 0. The van der Waals surface area contributed by atoms with Crippen LogP contribution in [0.15, 0.2) is 0 Å². The summed E-state index contributed by atoms with van der Waals surface area (Å²) in [5.74, 6) is -0.162. The smallest absolute Gasteiger partial charge is 0.246 e. The van der Waals surface area contributed by atoms with E-state index in [-0.39, 0.29) is 18.6 Å². The van der Waals surface area contributed by atoms with E-state index in [0.29, 0.717) is 29.3 Å². The molecule has 98 valence electrons. The van der Waals surface area contributed by atoms with Gasteiger partial charge in [-0.3, -0.25) is 4.79 Å². The monoisotopic (exact) mass is 261 g/mol. The molecule has 2 atom stereocenters. The maximum atomic E-state index is 11.4. The molecular weight excluding hydrogens is 242 g/mol. The van der Waals surface area contributed by atoms with Gasteiger partial charge in [-0.2, -0.15) is 0 Å². The molecule has 6 nitrogen and oxygen atoms in total. The number of amides is 1. The lowest BCUT2D eigenvalue weighted by molar-refractivity contribution is -0.143. The Hall–Kier alpha value is -0.473. The molecule has 0 aromatic rings. The second kappa shape index (κ2) is 8.59. The van der Waals surface area contributed by atoms with Gasteiger partial charge in [-0.05, 0) is 12.5 Å². The van der Waals surface area contributed by atoms with Crippen LogP contribution in [0, 0.1) is 0 Å². The third kappa shape index (κ3) is 6.13. The molecule has 2 radical (unpaired) electrons. The van der Waals surface area contributed by atoms with Crippen molar-refractivity contribution in [3.8, 4) is 0 Å². The Labute approximate surface area is 104 Å². The number of carbonyl (C=O) groups is 1. The summed E-state index contributed by atoms with van der Waals surface area (Å²) < 4.78 is 15.1. The van der Waals surface area contributed by atoms with Gasteiger partial charge in [0.2, 0.25) is 15.7 Å². The number of rotatable bonds is 8. The summed E-state index contributed by atoms with van der Waals surface area (Å²) in [6.45, 7) is 1.07. The Morgan fingerprint density at radius 2 is 2.47 bits per heavy atom. The number of nitrogens with one attached hydrogen (secondary N) is 1.